The second kappa shape index (κ2) is 6.23. The van der Waals surface area contributed by atoms with E-state index in [1.165, 1.54) is 4.90 Å². The van der Waals surface area contributed by atoms with Gasteiger partial charge in [0.1, 0.15) is 5.75 Å². The molecule has 0 spiro atoms. The maximum absolute atomic E-state index is 12.7. The molecular formula is C18H15ClN2O2. The molecule has 0 saturated carbocycles. The Morgan fingerprint density at radius 2 is 2.00 bits per heavy atom. The van der Waals surface area contributed by atoms with Gasteiger partial charge in [0.05, 0.1) is 12.2 Å². The van der Waals surface area contributed by atoms with Crippen molar-refractivity contribution in [1.29, 1.82) is 0 Å². The highest BCUT2D eigenvalue weighted by Crippen LogP contribution is 2.36. The Kier molecular flexibility index (Phi) is 4.14. The number of nitrogen functional groups attached to an aromatic ring is 1. The minimum absolute atomic E-state index is 0.170. The molecule has 1 atom stereocenters. The van der Waals surface area contributed by atoms with Gasteiger partial charge in [-0.25, -0.2) is 0 Å². The van der Waals surface area contributed by atoms with Crippen LogP contribution in [-0.2, 0) is 11.2 Å². The lowest BCUT2D eigenvalue weighted by molar-refractivity contribution is -0.126. The first kappa shape index (κ1) is 15.3. The lowest BCUT2D eigenvalue weighted by atomic mass is 10.0. The standard InChI is InChI=1S/C18H15ClN2O2/c1-2-9-21-15-11-14(20)7-8-16(15)23-17(18(21)22)10-12-3-5-13(19)6-4-12/h1,3-8,11,17H,9-10,20H2. The molecule has 1 aliphatic heterocycles. The molecule has 3 rings (SSSR count). The molecule has 0 aliphatic carbocycles. The van der Waals surface area contributed by atoms with Crippen LogP contribution in [0.3, 0.4) is 0 Å². The monoisotopic (exact) mass is 326 g/mol. The van der Waals surface area contributed by atoms with Crippen molar-refractivity contribution < 1.29 is 9.53 Å². The normalized spacial score (nSPS) is 16.4. The van der Waals surface area contributed by atoms with Crippen molar-refractivity contribution in [3.63, 3.8) is 0 Å². The summed E-state index contributed by atoms with van der Waals surface area (Å²) < 4.78 is 5.86. The fourth-order valence-corrected chi connectivity index (χ4v) is 2.69. The fraction of sp³-hybridized carbons (Fsp3) is 0.167. The molecule has 2 aromatic carbocycles. The van der Waals surface area contributed by atoms with Crippen molar-refractivity contribution in [3.8, 4) is 18.1 Å². The van der Waals surface area contributed by atoms with E-state index >= 15 is 0 Å². The molecule has 2 N–H and O–H groups in total. The van der Waals surface area contributed by atoms with Gasteiger partial charge in [0.15, 0.2) is 6.10 Å². The quantitative estimate of drug-likeness (QED) is 0.697. The summed E-state index contributed by atoms with van der Waals surface area (Å²) in [6.07, 6.45) is 5.22. The van der Waals surface area contributed by atoms with Gasteiger partial charge in [-0.2, -0.15) is 0 Å². The highest BCUT2D eigenvalue weighted by atomic mass is 35.5. The first-order valence-electron chi connectivity index (χ1n) is 7.14. The van der Waals surface area contributed by atoms with E-state index in [2.05, 4.69) is 5.92 Å². The molecule has 0 fully saturated rings. The van der Waals surface area contributed by atoms with Gasteiger partial charge in [0, 0.05) is 17.1 Å². The van der Waals surface area contributed by atoms with Crippen LogP contribution in [0.5, 0.6) is 5.75 Å². The summed E-state index contributed by atoms with van der Waals surface area (Å²) in [4.78, 5) is 14.2. The van der Waals surface area contributed by atoms with E-state index in [9.17, 15) is 4.79 Å². The van der Waals surface area contributed by atoms with Gasteiger partial charge in [-0.05, 0) is 35.9 Å². The largest absolute Gasteiger partial charge is 0.478 e. The van der Waals surface area contributed by atoms with Crippen molar-refractivity contribution in [2.75, 3.05) is 17.2 Å². The summed E-state index contributed by atoms with van der Waals surface area (Å²) in [7, 11) is 0. The number of nitrogens with zero attached hydrogens (tertiary/aromatic N) is 1. The number of carbonyl (C=O) groups excluding carboxylic acids is 1. The maximum Gasteiger partial charge on any atom is 0.269 e. The molecule has 0 saturated heterocycles. The Balaban J connectivity index is 1.91. The van der Waals surface area contributed by atoms with E-state index in [-0.39, 0.29) is 12.5 Å². The van der Waals surface area contributed by atoms with Crippen LogP contribution < -0.4 is 15.4 Å². The third-order valence-electron chi connectivity index (χ3n) is 3.67. The maximum atomic E-state index is 12.7. The van der Waals surface area contributed by atoms with Crippen LogP contribution in [0.1, 0.15) is 5.56 Å². The Morgan fingerprint density at radius 3 is 2.70 bits per heavy atom. The highest BCUT2D eigenvalue weighted by Gasteiger charge is 2.34. The molecule has 116 valence electrons. The molecule has 1 heterocycles. The lowest BCUT2D eigenvalue weighted by Gasteiger charge is -2.33. The molecule has 23 heavy (non-hydrogen) atoms. The molecule has 0 radical (unpaired) electrons. The molecule has 1 amide bonds. The molecule has 4 nitrogen and oxygen atoms in total. The molecule has 1 aliphatic rings. The van der Waals surface area contributed by atoms with Gasteiger partial charge in [-0.15, -0.1) is 6.42 Å². The number of rotatable bonds is 3. The molecule has 5 heteroatoms. The van der Waals surface area contributed by atoms with Crippen LogP contribution in [0, 0.1) is 12.3 Å². The molecular weight excluding hydrogens is 312 g/mol. The Morgan fingerprint density at radius 1 is 1.26 bits per heavy atom. The van der Waals surface area contributed by atoms with Crippen LogP contribution in [0.4, 0.5) is 11.4 Å². The summed E-state index contributed by atoms with van der Waals surface area (Å²) in [5, 5.41) is 0.652. The van der Waals surface area contributed by atoms with Crippen molar-refractivity contribution in [1.82, 2.24) is 0 Å². The first-order valence-corrected chi connectivity index (χ1v) is 7.52. The van der Waals surface area contributed by atoms with Gasteiger partial charge in [-0.1, -0.05) is 29.7 Å². The summed E-state index contributed by atoms with van der Waals surface area (Å²) in [6.45, 7) is 0.176. The Hall–Kier alpha value is -2.64. The van der Waals surface area contributed by atoms with E-state index in [1.54, 1.807) is 30.3 Å². The number of hydrogen-bond donors (Lipinski definition) is 1. The number of benzene rings is 2. The van der Waals surface area contributed by atoms with Gasteiger partial charge >= 0.3 is 0 Å². The second-order valence-electron chi connectivity index (χ2n) is 5.29. The zero-order valence-corrected chi connectivity index (χ0v) is 13.1. The summed E-state index contributed by atoms with van der Waals surface area (Å²) in [5.74, 6) is 2.95. The van der Waals surface area contributed by atoms with Crippen molar-refractivity contribution in [2.24, 2.45) is 0 Å². The minimum atomic E-state index is -0.624. The fourth-order valence-electron chi connectivity index (χ4n) is 2.56. The Bertz CT molecular complexity index is 781. The van der Waals surface area contributed by atoms with Crippen LogP contribution in [0.2, 0.25) is 5.02 Å². The van der Waals surface area contributed by atoms with Gasteiger partial charge < -0.3 is 10.5 Å². The number of halogens is 1. The number of anilines is 2. The van der Waals surface area contributed by atoms with E-state index in [0.717, 1.165) is 5.56 Å². The molecule has 2 aromatic rings. The number of carbonyl (C=O) groups is 1. The second-order valence-corrected chi connectivity index (χ2v) is 5.73. The number of nitrogens with two attached hydrogens (primary N) is 1. The highest BCUT2D eigenvalue weighted by molar-refractivity contribution is 6.30. The smallest absolute Gasteiger partial charge is 0.269 e. The summed E-state index contributed by atoms with van der Waals surface area (Å²) in [5.41, 5.74) is 7.93. The number of amides is 1. The topological polar surface area (TPSA) is 55.6 Å². The van der Waals surface area contributed by atoms with Gasteiger partial charge in [-0.3, -0.25) is 9.69 Å². The van der Waals surface area contributed by atoms with Crippen LogP contribution >= 0.6 is 11.6 Å². The number of hydrogen-bond acceptors (Lipinski definition) is 3. The van der Waals surface area contributed by atoms with E-state index in [0.29, 0.717) is 28.6 Å². The molecule has 0 bridgehead atoms. The predicted molar refractivity (Wildman–Crippen MR) is 91.6 cm³/mol. The van der Waals surface area contributed by atoms with Crippen molar-refractivity contribution in [2.45, 2.75) is 12.5 Å². The van der Waals surface area contributed by atoms with Gasteiger partial charge in [0.2, 0.25) is 0 Å². The SMILES string of the molecule is C#CCN1C(=O)C(Cc2ccc(Cl)cc2)Oc2ccc(N)cc21. The number of terminal acetylenes is 1. The van der Waals surface area contributed by atoms with E-state index in [1.807, 2.05) is 12.1 Å². The third-order valence-corrected chi connectivity index (χ3v) is 3.92. The van der Waals surface area contributed by atoms with Crippen molar-refractivity contribution in [3.05, 3.63) is 53.1 Å². The zero-order valence-electron chi connectivity index (χ0n) is 12.3. The van der Waals surface area contributed by atoms with Crippen LogP contribution in [-0.4, -0.2) is 18.6 Å². The van der Waals surface area contributed by atoms with Crippen LogP contribution in [0.25, 0.3) is 0 Å². The zero-order chi connectivity index (χ0) is 16.4. The van der Waals surface area contributed by atoms with Crippen LogP contribution in [0.15, 0.2) is 42.5 Å². The molecule has 1 unspecified atom stereocenters. The minimum Gasteiger partial charge on any atom is -0.478 e. The average Bonchev–Trinajstić information content (AvgIpc) is 2.54. The van der Waals surface area contributed by atoms with E-state index < -0.39 is 6.10 Å². The predicted octanol–water partition coefficient (Wildman–Crippen LogP) is 2.89. The molecule has 0 aromatic heterocycles. The lowest BCUT2D eigenvalue weighted by Crippen LogP contribution is -2.47. The number of fused-ring (bicyclic) bond motifs is 1. The first-order chi connectivity index (χ1) is 11.1. The Labute approximate surface area is 139 Å². The average molecular weight is 327 g/mol. The third kappa shape index (κ3) is 3.10. The summed E-state index contributed by atoms with van der Waals surface area (Å²) in [6, 6.07) is 12.5. The van der Waals surface area contributed by atoms with Gasteiger partial charge in [0.25, 0.3) is 5.91 Å². The van der Waals surface area contributed by atoms with Crippen molar-refractivity contribution >= 4 is 28.9 Å². The van der Waals surface area contributed by atoms with E-state index in [4.69, 9.17) is 28.5 Å². The number of ether oxygens (including phenoxy) is 1. The summed E-state index contributed by atoms with van der Waals surface area (Å²) >= 11 is 5.89.